The molecule has 0 saturated carbocycles. The second kappa shape index (κ2) is 37.4. The Kier molecular flexibility index (Phi) is 46.8. The fourth-order valence-corrected chi connectivity index (χ4v) is 1.20. The molecule has 0 bridgehead atoms. The van der Waals surface area contributed by atoms with Gasteiger partial charge >= 0.3 is 29.2 Å². The molecule has 0 aromatic heterocycles. The maximum absolute atomic E-state index is 9.54. The molecule has 13 heteroatoms. The Morgan fingerprint density at radius 1 is 0.455 bits per heavy atom. The zero-order valence-electron chi connectivity index (χ0n) is 19.8. The Labute approximate surface area is 217 Å². The molecule has 0 amide bonds. The van der Waals surface area contributed by atoms with Crippen LogP contribution in [0.2, 0.25) is 0 Å². The Balaban J connectivity index is -0.000000105. The standard InChI is InChI=1S/4C5H10O3.Pu/c4*1-2-3-4-8-5(6)7;/h4*2-4H2,1H3,(H,6,7);/q;;;;+4/p-4. The maximum Gasteiger partial charge on any atom is 4.00 e. The number of ether oxygens (including phenoxy) is 4. The number of hydrogen-bond acceptors (Lipinski definition) is 12. The van der Waals surface area contributed by atoms with Gasteiger partial charge in [-0.2, -0.15) is 0 Å². The first-order chi connectivity index (χ1) is 15.1. The van der Waals surface area contributed by atoms with E-state index >= 15 is 0 Å². The number of rotatable bonds is 12. The molecule has 194 valence electrons. The van der Waals surface area contributed by atoms with Gasteiger partial charge in [-0.25, -0.2) is 0 Å². The van der Waals surface area contributed by atoms with Gasteiger partial charge in [0.25, 0.3) is 24.6 Å². The molecule has 0 rings (SSSR count). The number of carbonyl (C=O) groups is 4. The Bertz CT molecular complexity index is 367. The van der Waals surface area contributed by atoms with Gasteiger partial charge in [-0.3, -0.25) is 0 Å². The van der Waals surface area contributed by atoms with E-state index in [1.165, 1.54) is 0 Å². The molecule has 0 atom stereocenters. The molecule has 0 spiro atoms. The summed E-state index contributed by atoms with van der Waals surface area (Å²) in [5.74, 6) is 0. The first kappa shape index (κ1) is 41.3. The maximum atomic E-state index is 9.54. The van der Waals surface area contributed by atoms with Crippen LogP contribution in [0.5, 0.6) is 0 Å². The van der Waals surface area contributed by atoms with Crippen molar-refractivity contribution in [3.05, 3.63) is 0 Å². The Morgan fingerprint density at radius 3 is 0.697 bits per heavy atom. The van der Waals surface area contributed by atoms with E-state index in [0.717, 1.165) is 51.4 Å². The van der Waals surface area contributed by atoms with Crippen LogP contribution in [0, 0.1) is 29.2 Å². The van der Waals surface area contributed by atoms with E-state index in [4.69, 9.17) is 0 Å². The van der Waals surface area contributed by atoms with Crippen LogP contribution in [0.1, 0.15) is 79.1 Å². The molecule has 12 nitrogen and oxygen atoms in total. The average molecular weight is 712 g/mol. The van der Waals surface area contributed by atoms with Crippen molar-refractivity contribution in [3.8, 4) is 0 Å². The molecule has 0 aliphatic carbocycles. The van der Waals surface area contributed by atoms with Crippen molar-refractivity contribution in [1.82, 2.24) is 0 Å². The van der Waals surface area contributed by atoms with E-state index in [-0.39, 0.29) is 55.6 Å². The summed E-state index contributed by atoms with van der Waals surface area (Å²) >= 11 is 0. The molecule has 0 saturated heterocycles. The van der Waals surface area contributed by atoms with Crippen LogP contribution in [-0.4, -0.2) is 51.0 Å². The molecule has 0 aliphatic heterocycles. The van der Waals surface area contributed by atoms with Crippen molar-refractivity contribution in [3.63, 3.8) is 0 Å². The minimum Gasteiger partial charge on any atom is -0.550 e. The first-order valence-electron chi connectivity index (χ1n) is 10.4. The topological polar surface area (TPSA) is 197 Å². The van der Waals surface area contributed by atoms with Crippen molar-refractivity contribution >= 4 is 24.6 Å². The van der Waals surface area contributed by atoms with Gasteiger partial charge in [0.15, 0.2) is 0 Å². The molecule has 0 N–H and O–H groups in total. The molecular formula is C20H36O12Pu. The van der Waals surface area contributed by atoms with Crippen molar-refractivity contribution in [2.45, 2.75) is 79.1 Å². The quantitative estimate of drug-likeness (QED) is 0.155. The van der Waals surface area contributed by atoms with Gasteiger partial charge in [-0.1, -0.05) is 53.4 Å². The van der Waals surface area contributed by atoms with Crippen LogP contribution in [0.3, 0.4) is 0 Å². The van der Waals surface area contributed by atoms with Gasteiger partial charge in [0.05, 0.1) is 0 Å². The van der Waals surface area contributed by atoms with Gasteiger partial charge in [0, 0.05) is 26.4 Å². The SMILES string of the molecule is CCCCOC(=O)[O-].CCCCOC(=O)[O-].CCCCOC(=O)[O-].CCCCOC(=O)[O-].[Pu+4]. The Hall–Kier alpha value is -1.93. The van der Waals surface area contributed by atoms with Gasteiger partial charge in [-0.05, 0) is 25.7 Å². The molecule has 0 unspecified atom stereocenters. The largest absolute Gasteiger partial charge is 4.00 e. The van der Waals surface area contributed by atoms with Crippen molar-refractivity contribution < 1.29 is 87.7 Å². The number of carbonyl (C=O) groups excluding carboxylic acids is 4. The number of carboxylic acid groups (broad SMARTS) is 4. The van der Waals surface area contributed by atoms with Crippen LogP contribution >= 0.6 is 0 Å². The van der Waals surface area contributed by atoms with Crippen LogP contribution in [0.15, 0.2) is 0 Å². The monoisotopic (exact) mass is 706 g/mol. The van der Waals surface area contributed by atoms with Gasteiger partial charge in [0.2, 0.25) is 0 Å². The van der Waals surface area contributed by atoms with Crippen LogP contribution in [0.4, 0.5) is 19.2 Å². The second-order valence-corrected chi connectivity index (χ2v) is 5.81. The average Bonchev–Trinajstić information content (AvgIpc) is 2.69. The predicted octanol–water partition coefficient (Wildman–Crippen LogP) is 0.586. The van der Waals surface area contributed by atoms with E-state index in [1.807, 2.05) is 27.7 Å². The molecule has 0 aromatic carbocycles. The predicted molar refractivity (Wildman–Crippen MR) is 105 cm³/mol. The second-order valence-electron chi connectivity index (χ2n) is 5.81. The van der Waals surface area contributed by atoms with Crippen LogP contribution in [-0.2, 0) is 18.9 Å². The van der Waals surface area contributed by atoms with Crippen molar-refractivity contribution in [2.24, 2.45) is 0 Å². The molecule has 0 fully saturated rings. The number of unbranched alkanes of at least 4 members (excludes halogenated alkanes) is 4. The third-order valence-electron chi connectivity index (χ3n) is 2.87. The van der Waals surface area contributed by atoms with Crippen molar-refractivity contribution in [2.75, 3.05) is 26.4 Å². The third-order valence-corrected chi connectivity index (χ3v) is 2.87. The molecule has 0 radical (unpaired) electrons. The summed E-state index contributed by atoms with van der Waals surface area (Å²) in [5, 5.41) is 38.2. The third kappa shape index (κ3) is 72.6. The van der Waals surface area contributed by atoms with Gasteiger partial charge in [-0.15, -0.1) is 0 Å². The van der Waals surface area contributed by atoms with E-state index in [9.17, 15) is 39.6 Å². The summed E-state index contributed by atoms with van der Waals surface area (Å²) in [4.78, 5) is 38.2. The minimum atomic E-state index is -1.43. The minimum absolute atomic E-state index is 0. The van der Waals surface area contributed by atoms with E-state index in [2.05, 4.69) is 18.9 Å². The molecule has 0 heterocycles. The van der Waals surface area contributed by atoms with Crippen molar-refractivity contribution in [1.29, 1.82) is 0 Å². The summed E-state index contributed by atoms with van der Waals surface area (Å²) in [6.07, 6.45) is 1.11. The summed E-state index contributed by atoms with van der Waals surface area (Å²) in [5.41, 5.74) is 0. The van der Waals surface area contributed by atoms with E-state index < -0.39 is 24.6 Å². The molecule has 0 aromatic rings. The summed E-state index contributed by atoms with van der Waals surface area (Å²) in [6, 6.07) is 0. The van der Waals surface area contributed by atoms with Gasteiger partial charge < -0.3 is 58.6 Å². The molecule has 0 aliphatic rings. The van der Waals surface area contributed by atoms with E-state index in [1.54, 1.807) is 0 Å². The van der Waals surface area contributed by atoms with E-state index in [0.29, 0.717) is 0 Å². The smallest absolute Gasteiger partial charge is 0.550 e. The summed E-state index contributed by atoms with van der Waals surface area (Å²) < 4.78 is 16.4. The molecular weight excluding hydrogens is 676 g/mol. The number of hydrogen-bond donors (Lipinski definition) is 0. The van der Waals surface area contributed by atoms with Crippen LogP contribution < -0.4 is 20.4 Å². The normalized spacial score (nSPS) is 8.36. The molecule has 33 heavy (non-hydrogen) atoms. The zero-order chi connectivity index (χ0) is 25.6. The van der Waals surface area contributed by atoms with Gasteiger partial charge in [0.1, 0.15) is 0 Å². The fourth-order valence-electron chi connectivity index (χ4n) is 1.20. The zero-order valence-corrected chi connectivity index (χ0v) is 23.2. The van der Waals surface area contributed by atoms with Crippen LogP contribution in [0.25, 0.3) is 0 Å². The summed E-state index contributed by atoms with van der Waals surface area (Å²) in [7, 11) is 0. The summed E-state index contributed by atoms with van der Waals surface area (Å²) in [6.45, 7) is 8.88. The first-order valence-corrected chi connectivity index (χ1v) is 10.4. The Morgan fingerprint density at radius 2 is 0.606 bits per heavy atom. The fraction of sp³-hybridized carbons (Fsp3) is 0.800.